The summed E-state index contributed by atoms with van der Waals surface area (Å²) in [5.41, 5.74) is 0.492. The van der Waals surface area contributed by atoms with Crippen LogP contribution in [-0.4, -0.2) is 24.4 Å². The Labute approximate surface area is 123 Å². The lowest BCUT2D eigenvalue weighted by Crippen LogP contribution is -2.43. The fourth-order valence-electron chi connectivity index (χ4n) is 2.24. The lowest BCUT2D eigenvalue weighted by molar-refractivity contribution is -0.127. The maximum absolute atomic E-state index is 12.3. The van der Waals surface area contributed by atoms with E-state index in [0.29, 0.717) is 5.02 Å². The molecule has 2 amide bonds. The standard InChI is InChI=1S/C15H19ClN2O2/c1-10(2)18-13(19)9-17-14(20)15(7-8-15)11-3-5-12(16)6-4-11/h3-6,10H,7-9H2,1-2H3,(H,17,20)(H,18,19). The first-order valence-corrected chi connectivity index (χ1v) is 7.15. The van der Waals surface area contributed by atoms with Crippen molar-refractivity contribution in [2.45, 2.75) is 38.1 Å². The number of carbonyl (C=O) groups excluding carboxylic acids is 2. The van der Waals surface area contributed by atoms with E-state index in [9.17, 15) is 9.59 Å². The van der Waals surface area contributed by atoms with Gasteiger partial charge in [0.1, 0.15) is 0 Å². The Kier molecular flexibility index (Phi) is 4.33. The monoisotopic (exact) mass is 294 g/mol. The zero-order valence-corrected chi connectivity index (χ0v) is 12.5. The molecule has 2 N–H and O–H groups in total. The minimum Gasteiger partial charge on any atom is -0.352 e. The van der Waals surface area contributed by atoms with E-state index in [4.69, 9.17) is 11.6 Å². The summed E-state index contributed by atoms with van der Waals surface area (Å²) >= 11 is 5.86. The molecular formula is C15H19ClN2O2. The van der Waals surface area contributed by atoms with Gasteiger partial charge < -0.3 is 10.6 Å². The largest absolute Gasteiger partial charge is 0.352 e. The summed E-state index contributed by atoms with van der Waals surface area (Å²) in [6.07, 6.45) is 1.62. The van der Waals surface area contributed by atoms with Gasteiger partial charge in [-0.05, 0) is 44.4 Å². The predicted molar refractivity (Wildman–Crippen MR) is 78.7 cm³/mol. The summed E-state index contributed by atoms with van der Waals surface area (Å²) in [5, 5.41) is 6.12. The van der Waals surface area contributed by atoms with Gasteiger partial charge in [0.25, 0.3) is 0 Å². The van der Waals surface area contributed by atoms with E-state index in [1.54, 1.807) is 12.1 Å². The zero-order chi connectivity index (χ0) is 14.8. The van der Waals surface area contributed by atoms with E-state index in [-0.39, 0.29) is 24.4 Å². The summed E-state index contributed by atoms with van der Waals surface area (Å²) in [4.78, 5) is 23.8. The van der Waals surface area contributed by atoms with Crippen LogP contribution < -0.4 is 10.6 Å². The van der Waals surface area contributed by atoms with Crippen molar-refractivity contribution in [1.29, 1.82) is 0 Å². The molecule has 1 fully saturated rings. The Balaban J connectivity index is 1.95. The smallest absolute Gasteiger partial charge is 0.239 e. The molecule has 2 rings (SSSR count). The third-order valence-electron chi connectivity index (χ3n) is 3.44. The van der Waals surface area contributed by atoms with E-state index in [2.05, 4.69) is 10.6 Å². The molecule has 0 unspecified atom stereocenters. The first-order valence-electron chi connectivity index (χ1n) is 6.78. The van der Waals surface area contributed by atoms with Crippen LogP contribution >= 0.6 is 11.6 Å². The summed E-state index contributed by atoms with van der Waals surface area (Å²) < 4.78 is 0. The predicted octanol–water partition coefficient (Wildman–Crippen LogP) is 2.01. The second-order valence-corrected chi connectivity index (χ2v) is 5.93. The number of carbonyl (C=O) groups is 2. The molecule has 0 radical (unpaired) electrons. The van der Waals surface area contributed by atoms with Crippen molar-refractivity contribution in [3.05, 3.63) is 34.9 Å². The van der Waals surface area contributed by atoms with Crippen molar-refractivity contribution < 1.29 is 9.59 Å². The summed E-state index contributed by atoms with van der Waals surface area (Å²) in [7, 11) is 0. The molecule has 20 heavy (non-hydrogen) atoms. The summed E-state index contributed by atoms with van der Waals surface area (Å²) in [6, 6.07) is 7.41. The number of amides is 2. The van der Waals surface area contributed by atoms with E-state index in [0.717, 1.165) is 18.4 Å². The second kappa shape index (κ2) is 5.83. The molecule has 1 saturated carbocycles. The molecule has 108 valence electrons. The van der Waals surface area contributed by atoms with Crippen LogP contribution in [0.15, 0.2) is 24.3 Å². The van der Waals surface area contributed by atoms with Gasteiger partial charge in [-0.1, -0.05) is 23.7 Å². The molecule has 1 aromatic rings. The Morgan fingerprint density at radius 3 is 2.35 bits per heavy atom. The topological polar surface area (TPSA) is 58.2 Å². The minimum absolute atomic E-state index is 0.0202. The van der Waals surface area contributed by atoms with Gasteiger partial charge in [-0.15, -0.1) is 0 Å². The fourth-order valence-corrected chi connectivity index (χ4v) is 2.37. The molecular weight excluding hydrogens is 276 g/mol. The number of rotatable bonds is 5. The van der Waals surface area contributed by atoms with Crippen molar-refractivity contribution in [1.82, 2.24) is 10.6 Å². The van der Waals surface area contributed by atoms with Crippen LogP contribution in [0.4, 0.5) is 0 Å². The van der Waals surface area contributed by atoms with E-state index >= 15 is 0 Å². The molecule has 0 saturated heterocycles. The molecule has 1 aliphatic rings. The third kappa shape index (κ3) is 3.31. The average molecular weight is 295 g/mol. The van der Waals surface area contributed by atoms with Gasteiger partial charge in [0, 0.05) is 11.1 Å². The number of hydrogen-bond acceptors (Lipinski definition) is 2. The van der Waals surface area contributed by atoms with Crippen molar-refractivity contribution >= 4 is 23.4 Å². The third-order valence-corrected chi connectivity index (χ3v) is 3.69. The number of halogens is 1. The second-order valence-electron chi connectivity index (χ2n) is 5.49. The van der Waals surface area contributed by atoms with Crippen LogP contribution in [0.25, 0.3) is 0 Å². The van der Waals surface area contributed by atoms with E-state index < -0.39 is 5.41 Å². The van der Waals surface area contributed by atoms with Gasteiger partial charge in [0.05, 0.1) is 12.0 Å². The van der Waals surface area contributed by atoms with E-state index in [1.807, 2.05) is 26.0 Å². The van der Waals surface area contributed by atoms with Crippen molar-refractivity contribution in [3.8, 4) is 0 Å². The molecule has 0 aliphatic heterocycles. The maximum Gasteiger partial charge on any atom is 0.239 e. The Bertz CT molecular complexity index is 507. The van der Waals surface area contributed by atoms with Gasteiger partial charge in [0.15, 0.2) is 0 Å². The Morgan fingerprint density at radius 2 is 1.85 bits per heavy atom. The van der Waals surface area contributed by atoms with Crippen LogP contribution in [0.2, 0.25) is 5.02 Å². The van der Waals surface area contributed by atoms with Crippen LogP contribution in [0.1, 0.15) is 32.3 Å². The number of nitrogens with one attached hydrogen (secondary N) is 2. The highest BCUT2D eigenvalue weighted by Crippen LogP contribution is 2.48. The van der Waals surface area contributed by atoms with Crippen LogP contribution in [0, 0.1) is 0 Å². The van der Waals surface area contributed by atoms with Gasteiger partial charge in [-0.2, -0.15) is 0 Å². The van der Waals surface area contributed by atoms with Crippen LogP contribution in [-0.2, 0) is 15.0 Å². The molecule has 0 atom stereocenters. The molecule has 4 nitrogen and oxygen atoms in total. The van der Waals surface area contributed by atoms with Crippen molar-refractivity contribution in [3.63, 3.8) is 0 Å². The van der Waals surface area contributed by atoms with Gasteiger partial charge >= 0.3 is 0 Å². The highest BCUT2D eigenvalue weighted by atomic mass is 35.5. The van der Waals surface area contributed by atoms with Gasteiger partial charge in [0.2, 0.25) is 11.8 Å². The van der Waals surface area contributed by atoms with Gasteiger partial charge in [-0.25, -0.2) is 0 Å². The molecule has 0 heterocycles. The zero-order valence-electron chi connectivity index (χ0n) is 11.7. The Hall–Kier alpha value is -1.55. The quantitative estimate of drug-likeness (QED) is 0.873. The van der Waals surface area contributed by atoms with Crippen LogP contribution in [0.3, 0.4) is 0 Å². The lowest BCUT2D eigenvalue weighted by atomic mass is 9.95. The summed E-state index contributed by atoms with van der Waals surface area (Å²) in [5.74, 6) is -0.251. The average Bonchev–Trinajstić information content (AvgIpc) is 3.17. The summed E-state index contributed by atoms with van der Waals surface area (Å²) in [6.45, 7) is 3.79. The highest BCUT2D eigenvalue weighted by molar-refractivity contribution is 6.30. The lowest BCUT2D eigenvalue weighted by Gasteiger charge is -2.16. The van der Waals surface area contributed by atoms with Gasteiger partial charge in [-0.3, -0.25) is 9.59 Å². The molecule has 1 aliphatic carbocycles. The normalized spacial score (nSPS) is 15.8. The molecule has 0 bridgehead atoms. The van der Waals surface area contributed by atoms with Crippen molar-refractivity contribution in [2.24, 2.45) is 0 Å². The highest BCUT2D eigenvalue weighted by Gasteiger charge is 2.51. The number of hydrogen-bond donors (Lipinski definition) is 2. The number of benzene rings is 1. The molecule has 0 aromatic heterocycles. The fraction of sp³-hybridized carbons (Fsp3) is 0.467. The minimum atomic E-state index is -0.470. The molecule has 0 spiro atoms. The maximum atomic E-state index is 12.3. The molecule has 1 aromatic carbocycles. The first kappa shape index (κ1) is 14.9. The SMILES string of the molecule is CC(C)NC(=O)CNC(=O)C1(c2ccc(Cl)cc2)CC1. The Morgan fingerprint density at radius 1 is 1.25 bits per heavy atom. The van der Waals surface area contributed by atoms with Crippen molar-refractivity contribution in [2.75, 3.05) is 6.54 Å². The molecule has 5 heteroatoms. The first-order chi connectivity index (χ1) is 9.44. The van der Waals surface area contributed by atoms with E-state index in [1.165, 1.54) is 0 Å². The van der Waals surface area contributed by atoms with Crippen LogP contribution in [0.5, 0.6) is 0 Å².